The van der Waals surface area contributed by atoms with Crippen LogP contribution in [0.5, 0.6) is 0 Å². The van der Waals surface area contributed by atoms with Crippen molar-refractivity contribution in [3.8, 4) is 5.69 Å². The Hall–Kier alpha value is -2.23. The lowest BCUT2D eigenvalue weighted by atomic mass is 10.1. The maximum Gasteiger partial charge on any atom is 0.272 e. The van der Waals surface area contributed by atoms with Crippen LogP contribution in [0.4, 0.5) is 0 Å². The second-order valence-corrected chi connectivity index (χ2v) is 9.75. The van der Waals surface area contributed by atoms with E-state index in [0.29, 0.717) is 32.0 Å². The van der Waals surface area contributed by atoms with E-state index >= 15 is 0 Å². The molecule has 0 spiro atoms. The molecule has 1 aromatic carbocycles. The number of morpholine rings is 1. The van der Waals surface area contributed by atoms with E-state index in [0.717, 1.165) is 49.0 Å². The molecule has 4 rings (SSSR count). The molecule has 162 valence electrons. The summed E-state index contributed by atoms with van der Waals surface area (Å²) in [4.78, 5) is 12.9. The van der Waals surface area contributed by atoms with Crippen LogP contribution in [0, 0.1) is 0 Å². The van der Waals surface area contributed by atoms with Crippen molar-refractivity contribution in [2.45, 2.75) is 32.1 Å². The highest BCUT2D eigenvalue weighted by Crippen LogP contribution is 2.26. The average molecular weight is 433 g/mol. The SMILES string of the molecule is O=C(NCCS(=O)(=O)N1CCOCC1)c1nn(-c2ccccc2)c2c1CCCCC2. The number of sulfonamides is 1. The lowest BCUT2D eigenvalue weighted by molar-refractivity contribution is 0.0730. The molecular formula is C21H28N4O4S. The van der Waals surface area contributed by atoms with Gasteiger partial charge >= 0.3 is 0 Å². The second-order valence-electron chi connectivity index (χ2n) is 7.67. The van der Waals surface area contributed by atoms with Crippen LogP contribution in [-0.4, -0.2) is 67.0 Å². The van der Waals surface area contributed by atoms with Crippen LogP contribution in [0.25, 0.3) is 5.69 Å². The van der Waals surface area contributed by atoms with Gasteiger partial charge in [-0.3, -0.25) is 4.79 Å². The van der Waals surface area contributed by atoms with E-state index in [9.17, 15) is 13.2 Å². The molecule has 1 amide bonds. The smallest absolute Gasteiger partial charge is 0.272 e. The number of fused-ring (bicyclic) bond motifs is 1. The quantitative estimate of drug-likeness (QED) is 0.699. The normalized spacial score (nSPS) is 17.9. The number of amides is 1. The van der Waals surface area contributed by atoms with E-state index in [1.54, 1.807) is 0 Å². The molecule has 0 radical (unpaired) electrons. The Bertz CT molecular complexity index is 982. The third kappa shape index (κ3) is 4.58. The van der Waals surface area contributed by atoms with E-state index in [2.05, 4.69) is 10.4 Å². The highest BCUT2D eigenvalue weighted by molar-refractivity contribution is 7.89. The van der Waals surface area contributed by atoms with Gasteiger partial charge in [0.2, 0.25) is 10.0 Å². The number of benzene rings is 1. The van der Waals surface area contributed by atoms with Crippen molar-refractivity contribution >= 4 is 15.9 Å². The zero-order valence-corrected chi connectivity index (χ0v) is 17.9. The monoisotopic (exact) mass is 432 g/mol. The molecule has 30 heavy (non-hydrogen) atoms. The van der Waals surface area contributed by atoms with Crippen molar-refractivity contribution in [1.29, 1.82) is 0 Å². The largest absolute Gasteiger partial charge is 0.379 e. The number of rotatable bonds is 6. The number of hydrogen-bond acceptors (Lipinski definition) is 5. The number of carbonyl (C=O) groups excluding carboxylic acids is 1. The van der Waals surface area contributed by atoms with E-state index < -0.39 is 10.0 Å². The van der Waals surface area contributed by atoms with Crippen molar-refractivity contribution in [3.05, 3.63) is 47.3 Å². The summed E-state index contributed by atoms with van der Waals surface area (Å²) in [5, 5.41) is 7.41. The summed E-state index contributed by atoms with van der Waals surface area (Å²) in [5.41, 5.74) is 3.43. The van der Waals surface area contributed by atoms with Crippen LogP contribution in [0.1, 0.15) is 41.0 Å². The first-order valence-electron chi connectivity index (χ1n) is 10.6. The Kier molecular flexibility index (Phi) is 6.50. The first-order valence-corrected chi connectivity index (χ1v) is 12.2. The van der Waals surface area contributed by atoms with Crippen LogP contribution >= 0.6 is 0 Å². The molecule has 1 aliphatic heterocycles. The van der Waals surface area contributed by atoms with E-state index in [1.807, 2.05) is 35.0 Å². The van der Waals surface area contributed by atoms with Gasteiger partial charge < -0.3 is 10.1 Å². The fourth-order valence-electron chi connectivity index (χ4n) is 4.07. The molecule has 0 bridgehead atoms. The Morgan fingerprint density at radius 2 is 1.80 bits per heavy atom. The lowest BCUT2D eigenvalue weighted by Gasteiger charge is -2.26. The van der Waals surface area contributed by atoms with Gasteiger partial charge in [0.1, 0.15) is 0 Å². The van der Waals surface area contributed by atoms with Gasteiger partial charge in [-0.25, -0.2) is 13.1 Å². The van der Waals surface area contributed by atoms with E-state index in [4.69, 9.17) is 4.74 Å². The highest BCUT2D eigenvalue weighted by Gasteiger charge is 2.27. The van der Waals surface area contributed by atoms with Gasteiger partial charge in [0.05, 0.1) is 24.7 Å². The van der Waals surface area contributed by atoms with Crippen LogP contribution in [0.2, 0.25) is 0 Å². The molecule has 0 saturated carbocycles. The van der Waals surface area contributed by atoms with Gasteiger partial charge in [-0.1, -0.05) is 24.6 Å². The maximum absolute atomic E-state index is 12.9. The second kappa shape index (κ2) is 9.28. The number of nitrogens with one attached hydrogen (secondary N) is 1. The maximum atomic E-state index is 12.9. The summed E-state index contributed by atoms with van der Waals surface area (Å²) in [6, 6.07) is 9.82. The lowest BCUT2D eigenvalue weighted by Crippen LogP contribution is -2.43. The van der Waals surface area contributed by atoms with Gasteiger partial charge in [-0.05, 0) is 37.8 Å². The molecule has 1 fully saturated rings. The highest BCUT2D eigenvalue weighted by atomic mass is 32.2. The summed E-state index contributed by atoms with van der Waals surface area (Å²) in [5.74, 6) is -0.430. The molecule has 1 saturated heterocycles. The summed E-state index contributed by atoms with van der Waals surface area (Å²) >= 11 is 0. The number of nitrogens with zero attached hydrogens (tertiary/aromatic N) is 3. The van der Waals surface area contributed by atoms with Gasteiger partial charge in [0, 0.05) is 30.9 Å². The Morgan fingerprint density at radius 1 is 1.07 bits per heavy atom. The van der Waals surface area contributed by atoms with Crippen LogP contribution in [0.3, 0.4) is 0 Å². The van der Waals surface area contributed by atoms with Gasteiger partial charge in [0.15, 0.2) is 5.69 Å². The third-order valence-electron chi connectivity index (χ3n) is 5.66. The zero-order chi connectivity index (χ0) is 21.0. The molecule has 1 N–H and O–H groups in total. The number of carbonyl (C=O) groups is 1. The minimum atomic E-state index is -3.41. The molecule has 2 aromatic rings. The fourth-order valence-corrected chi connectivity index (χ4v) is 5.40. The molecule has 1 aliphatic carbocycles. The van der Waals surface area contributed by atoms with Crippen molar-refractivity contribution < 1.29 is 17.9 Å². The molecule has 0 unspecified atom stereocenters. The predicted octanol–water partition coefficient (Wildman–Crippen LogP) is 1.53. The van der Waals surface area contributed by atoms with Gasteiger partial charge in [0.25, 0.3) is 5.91 Å². The first-order chi connectivity index (χ1) is 14.6. The minimum absolute atomic E-state index is 0.0610. The molecular weight excluding hydrogens is 404 g/mol. The van der Waals surface area contributed by atoms with Crippen LogP contribution < -0.4 is 5.32 Å². The summed E-state index contributed by atoms with van der Waals surface area (Å²) < 4.78 is 33.5. The molecule has 8 nitrogen and oxygen atoms in total. The minimum Gasteiger partial charge on any atom is -0.379 e. The number of para-hydroxylation sites is 1. The van der Waals surface area contributed by atoms with Crippen molar-refractivity contribution in [2.75, 3.05) is 38.6 Å². The molecule has 2 aliphatic rings. The number of ether oxygens (including phenoxy) is 1. The predicted molar refractivity (Wildman–Crippen MR) is 113 cm³/mol. The summed E-state index contributed by atoms with van der Waals surface area (Å²) in [6.07, 6.45) is 4.93. The van der Waals surface area contributed by atoms with Crippen LogP contribution in [-0.2, 0) is 27.6 Å². The average Bonchev–Trinajstić information content (AvgIpc) is 2.96. The van der Waals surface area contributed by atoms with Crippen LogP contribution in [0.15, 0.2) is 30.3 Å². The first kappa shape index (κ1) is 21.0. The van der Waals surface area contributed by atoms with Crippen molar-refractivity contribution in [1.82, 2.24) is 19.4 Å². The Labute approximate surface area is 177 Å². The summed E-state index contributed by atoms with van der Waals surface area (Å²) in [7, 11) is -3.41. The fraction of sp³-hybridized carbons (Fsp3) is 0.524. The summed E-state index contributed by atoms with van der Waals surface area (Å²) in [6.45, 7) is 1.62. The Balaban J connectivity index is 1.49. The van der Waals surface area contributed by atoms with E-state index in [1.165, 1.54) is 4.31 Å². The number of aromatic nitrogens is 2. The number of hydrogen-bond donors (Lipinski definition) is 1. The van der Waals surface area contributed by atoms with Crippen molar-refractivity contribution in [2.24, 2.45) is 0 Å². The van der Waals surface area contributed by atoms with Gasteiger partial charge in [-0.15, -0.1) is 0 Å². The van der Waals surface area contributed by atoms with Crippen molar-refractivity contribution in [3.63, 3.8) is 0 Å². The molecule has 0 atom stereocenters. The molecule has 1 aromatic heterocycles. The van der Waals surface area contributed by atoms with Gasteiger partial charge in [-0.2, -0.15) is 9.40 Å². The topological polar surface area (TPSA) is 93.5 Å². The zero-order valence-electron chi connectivity index (χ0n) is 17.0. The Morgan fingerprint density at radius 3 is 2.57 bits per heavy atom. The third-order valence-corrected chi connectivity index (χ3v) is 7.53. The molecule has 2 heterocycles. The van der Waals surface area contributed by atoms with E-state index in [-0.39, 0.29) is 18.2 Å². The standard InChI is InChI=1S/C21H28N4O4S/c26-21(22-11-16-30(27,28)24-12-14-29-15-13-24)20-18-9-5-2-6-10-19(18)25(23-20)17-7-3-1-4-8-17/h1,3-4,7-8H,2,5-6,9-16H2,(H,22,26). The molecule has 9 heteroatoms.